The van der Waals surface area contributed by atoms with Gasteiger partial charge in [-0.25, -0.2) is 4.98 Å². The number of aryl methyl sites for hydroxylation is 1. The van der Waals surface area contributed by atoms with Crippen molar-refractivity contribution < 1.29 is 4.79 Å². The first-order valence-electron chi connectivity index (χ1n) is 10.7. The van der Waals surface area contributed by atoms with Gasteiger partial charge in [0.15, 0.2) is 0 Å². The summed E-state index contributed by atoms with van der Waals surface area (Å²) in [6.07, 6.45) is 7.22. The predicted molar refractivity (Wildman–Crippen MR) is 114 cm³/mol. The molecule has 6 heteroatoms. The van der Waals surface area contributed by atoms with Crippen LogP contribution in [-0.2, 0) is 24.9 Å². The quantitative estimate of drug-likeness (QED) is 0.782. The number of benzene rings is 1. The first kappa shape index (κ1) is 20.1. The second kappa shape index (κ2) is 8.28. The Labute approximate surface area is 173 Å². The fourth-order valence-electron chi connectivity index (χ4n) is 4.71. The molecule has 1 saturated heterocycles. The van der Waals surface area contributed by atoms with E-state index < -0.39 is 0 Å². The molecule has 1 aliphatic carbocycles. The fourth-order valence-corrected chi connectivity index (χ4v) is 4.71. The number of imidazole rings is 1. The summed E-state index contributed by atoms with van der Waals surface area (Å²) in [5.74, 6) is 1.17. The average molecular weight is 396 g/mol. The van der Waals surface area contributed by atoms with Gasteiger partial charge in [-0.2, -0.15) is 0 Å². The van der Waals surface area contributed by atoms with E-state index in [1.165, 1.54) is 5.56 Å². The molecular formula is C23H33N5O. The molecule has 1 spiro atoms. The van der Waals surface area contributed by atoms with Gasteiger partial charge in [0.25, 0.3) is 0 Å². The maximum Gasteiger partial charge on any atom is 0.240 e. The number of hydrogen-bond acceptors (Lipinski definition) is 4. The molecule has 1 aromatic carbocycles. The first-order valence-corrected chi connectivity index (χ1v) is 10.7. The van der Waals surface area contributed by atoms with Crippen LogP contribution in [0.5, 0.6) is 0 Å². The summed E-state index contributed by atoms with van der Waals surface area (Å²) in [6, 6.07) is 10.5. The molecule has 1 saturated carbocycles. The Morgan fingerprint density at radius 2 is 2.00 bits per heavy atom. The van der Waals surface area contributed by atoms with E-state index in [9.17, 15) is 4.79 Å². The average Bonchev–Trinajstić information content (AvgIpc) is 3.25. The number of amides is 1. The van der Waals surface area contributed by atoms with E-state index in [0.717, 1.165) is 44.7 Å². The van der Waals surface area contributed by atoms with Crippen molar-refractivity contribution >= 4 is 5.91 Å². The zero-order valence-corrected chi connectivity index (χ0v) is 17.8. The monoisotopic (exact) mass is 395 g/mol. The molecule has 1 aromatic heterocycles. The van der Waals surface area contributed by atoms with Crippen molar-refractivity contribution in [2.75, 3.05) is 20.1 Å². The third-order valence-corrected chi connectivity index (χ3v) is 6.93. The standard InChI is InChI=1S/C23H33N5O/c1-18(27(3)16-19-7-5-4-6-8-19)22(29)28(17-21-25-13-14-26(21)2)20-15-23(20)9-11-24-12-10-23/h4-8,13-14,18,20,24H,9-12,15-17H2,1-3H3. The van der Waals surface area contributed by atoms with E-state index in [0.29, 0.717) is 18.0 Å². The molecule has 0 bridgehead atoms. The number of rotatable bonds is 7. The van der Waals surface area contributed by atoms with Crippen LogP contribution in [0.1, 0.15) is 37.6 Å². The fraction of sp³-hybridized carbons (Fsp3) is 0.565. The number of nitrogens with zero attached hydrogens (tertiary/aromatic N) is 4. The molecule has 29 heavy (non-hydrogen) atoms. The van der Waals surface area contributed by atoms with Crippen LogP contribution in [0.4, 0.5) is 0 Å². The van der Waals surface area contributed by atoms with Crippen LogP contribution < -0.4 is 5.32 Å². The Morgan fingerprint density at radius 1 is 1.28 bits per heavy atom. The second-order valence-corrected chi connectivity index (χ2v) is 8.83. The molecule has 2 aliphatic rings. The van der Waals surface area contributed by atoms with E-state index >= 15 is 0 Å². The van der Waals surface area contributed by atoms with Crippen molar-refractivity contribution in [2.45, 2.75) is 51.4 Å². The zero-order valence-electron chi connectivity index (χ0n) is 17.8. The lowest BCUT2D eigenvalue weighted by atomic mass is 9.93. The molecule has 1 N–H and O–H groups in total. The highest BCUT2D eigenvalue weighted by Gasteiger charge is 2.58. The summed E-state index contributed by atoms with van der Waals surface area (Å²) in [4.78, 5) is 22.4. The van der Waals surface area contributed by atoms with Gasteiger partial charge < -0.3 is 14.8 Å². The molecule has 2 aromatic rings. The molecule has 0 radical (unpaired) electrons. The van der Waals surface area contributed by atoms with Crippen molar-refractivity contribution in [3.63, 3.8) is 0 Å². The van der Waals surface area contributed by atoms with Gasteiger partial charge in [0.05, 0.1) is 12.6 Å². The largest absolute Gasteiger partial charge is 0.337 e. The minimum Gasteiger partial charge on any atom is -0.337 e. The van der Waals surface area contributed by atoms with Gasteiger partial charge in [0, 0.05) is 32.0 Å². The van der Waals surface area contributed by atoms with Crippen molar-refractivity contribution in [1.82, 2.24) is 24.7 Å². The number of hydrogen-bond donors (Lipinski definition) is 1. The summed E-state index contributed by atoms with van der Waals surface area (Å²) in [6.45, 7) is 5.51. The Morgan fingerprint density at radius 3 is 2.66 bits per heavy atom. The second-order valence-electron chi connectivity index (χ2n) is 8.83. The molecule has 2 atom stereocenters. The minimum absolute atomic E-state index is 0.171. The highest BCUT2D eigenvalue weighted by Crippen LogP contribution is 2.56. The van der Waals surface area contributed by atoms with Crippen LogP contribution in [0.25, 0.3) is 0 Å². The number of piperidine rings is 1. The highest BCUT2D eigenvalue weighted by atomic mass is 16.2. The lowest BCUT2D eigenvalue weighted by molar-refractivity contribution is -0.138. The van der Waals surface area contributed by atoms with Crippen LogP contribution in [-0.4, -0.2) is 57.5 Å². The van der Waals surface area contributed by atoms with Gasteiger partial charge in [0.2, 0.25) is 5.91 Å². The van der Waals surface area contributed by atoms with Gasteiger partial charge in [-0.15, -0.1) is 0 Å². The van der Waals surface area contributed by atoms with Crippen LogP contribution >= 0.6 is 0 Å². The molecule has 2 unspecified atom stereocenters. The van der Waals surface area contributed by atoms with Crippen LogP contribution in [0.2, 0.25) is 0 Å². The molecule has 1 amide bonds. The van der Waals surface area contributed by atoms with Gasteiger partial charge >= 0.3 is 0 Å². The third-order valence-electron chi connectivity index (χ3n) is 6.93. The lowest BCUT2D eigenvalue weighted by Gasteiger charge is -2.33. The molecular weight excluding hydrogens is 362 g/mol. The topological polar surface area (TPSA) is 53.4 Å². The lowest BCUT2D eigenvalue weighted by Crippen LogP contribution is -2.48. The smallest absolute Gasteiger partial charge is 0.240 e. The van der Waals surface area contributed by atoms with Gasteiger partial charge in [-0.1, -0.05) is 30.3 Å². The number of nitrogens with one attached hydrogen (secondary N) is 1. The van der Waals surface area contributed by atoms with E-state index in [1.54, 1.807) is 0 Å². The molecule has 1 aliphatic heterocycles. The summed E-state index contributed by atoms with van der Waals surface area (Å²) < 4.78 is 2.02. The maximum atomic E-state index is 13.7. The van der Waals surface area contributed by atoms with Crippen LogP contribution in [0.3, 0.4) is 0 Å². The van der Waals surface area contributed by atoms with Crippen molar-refractivity contribution in [3.8, 4) is 0 Å². The highest BCUT2D eigenvalue weighted by molar-refractivity contribution is 5.82. The van der Waals surface area contributed by atoms with E-state index in [1.807, 2.05) is 56.2 Å². The SMILES string of the molecule is CC(C(=O)N(Cc1nccn1C)C1CC12CCNCC2)N(C)Cc1ccccc1. The molecule has 6 nitrogen and oxygen atoms in total. The zero-order chi connectivity index (χ0) is 20.4. The molecule has 156 valence electrons. The number of carbonyl (C=O) groups excluding carboxylic acids is 1. The summed E-state index contributed by atoms with van der Waals surface area (Å²) in [5.41, 5.74) is 1.54. The van der Waals surface area contributed by atoms with Crippen LogP contribution in [0, 0.1) is 5.41 Å². The normalized spacial score (nSPS) is 21.3. The summed E-state index contributed by atoms with van der Waals surface area (Å²) >= 11 is 0. The summed E-state index contributed by atoms with van der Waals surface area (Å²) in [5, 5.41) is 3.46. The molecule has 4 rings (SSSR count). The van der Waals surface area contributed by atoms with Gasteiger partial charge in [0.1, 0.15) is 5.82 Å². The van der Waals surface area contributed by atoms with E-state index in [2.05, 4.69) is 32.2 Å². The number of likely N-dealkylation sites (N-methyl/N-ethyl adjacent to an activating group) is 1. The minimum atomic E-state index is -0.171. The van der Waals surface area contributed by atoms with Gasteiger partial charge in [-0.3, -0.25) is 9.69 Å². The Balaban J connectivity index is 1.50. The van der Waals surface area contributed by atoms with E-state index in [-0.39, 0.29) is 11.9 Å². The predicted octanol–water partition coefficient (Wildman–Crippen LogP) is 2.41. The Kier molecular flexibility index (Phi) is 5.74. The number of aromatic nitrogens is 2. The van der Waals surface area contributed by atoms with Gasteiger partial charge in [-0.05, 0) is 57.3 Å². The molecule has 2 fully saturated rings. The maximum absolute atomic E-state index is 13.7. The van der Waals surface area contributed by atoms with Crippen molar-refractivity contribution in [3.05, 3.63) is 54.1 Å². The number of carbonyl (C=O) groups is 1. The van der Waals surface area contributed by atoms with E-state index in [4.69, 9.17) is 0 Å². The summed E-state index contributed by atoms with van der Waals surface area (Å²) in [7, 11) is 4.05. The van der Waals surface area contributed by atoms with Crippen molar-refractivity contribution in [1.29, 1.82) is 0 Å². The first-order chi connectivity index (χ1) is 14.0. The Hall–Kier alpha value is -2.18. The molecule has 2 heterocycles. The Bertz CT molecular complexity index is 827. The van der Waals surface area contributed by atoms with Crippen molar-refractivity contribution in [2.24, 2.45) is 12.5 Å². The van der Waals surface area contributed by atoms with Crippen LogP contribution in [0.15, 0.2) is 42.7 Å². The third kappa shape index (κ3) is 4.23.